The average Bonchev–Trinajstić information content (AvgIpc) is 2.58. The minimum atomic E-state index is -0.318. The van der Waals surface area contributed by atoms with Crippen LogP contribution in [0.4, 0.5) is 11.4 Å². The van der Waals surface area contributed by atoms with Crippen LogP contribution in [0.2, 0.25) is 0 Å². The fourth-order valence-electron chi connectivity index (χ4n) is 3.70. The van der Waals surface area contributed by atoms with Crippen LogP contribution in [0.15, 0.2) is 30.5 Å². The lowest BCUT2D eigenvalue weighted by Crippen LogP contribution is -2.20. The predicted octanol–water partition coefficient (Wildman–Crippen LogP) is 5.31. The smallest absolute Gasteiger partial charge is 0.357 e. The van der Waals surface area contributed by atoms with E-state index in [4.69, 9.17) is 4.74 Å². The number of ether oxygens (including phenoxy) is 1. The first kappa shape index (κ1) is 17.5. The van der Waals surface area contributed by atoms with Crippen molar-refractivity contribution in [3.8, 4) is 0 Å². The highest BCUT2D eigenvalue weighted by Crippen LogP contribution is 2.44. The Labute approximate surface area is 149 Å². The Morgan fingerprint density at radius 2 is 1.96 bits per heavy atom. The second-order valence-electron chi connectivity index (χ2n) is 6.94. The van der Waals surface area contributed by atoms with Crippen LogP contribution in [-0.2, 0) is 4.74 Å². The van der Waals surface area contributed by atoms with Crippen LogP contribution in [0.5, 0.6) is 0 Å². The summed E-state index contributed by atoms with van der Waals surface area (Å²) in [5.41, 5.74) is 5.97. The van der Waals surface area contributed by atoms with E-state index >= 15 is 0 Å². The Morgan fingerprint density at radius 1 is 1.24 bits per heavy atom. The van der Waals surface area contributed by atoms with Crippen molar-refractivity contribution >= 4 is 17.3 Å². The van der Waals surface area contributed by atoms with Gasteiger partial charge in [0.25, 0.3) is 0 Å². The Hall–Kier alpha value is -2.36. The number of aromatic nitrogens is 1. The maximum atomic E-state index is 12.4. The molecule has 4 heteroatoms. The number of benzene rings is 1. The largest absolute Gasteiger partial charge is 0.461 e. The van der Waals surface area contributed by atoms with Gasteiger partial charge in [0.05, 0.1) is 18.5 Å². The van der Waals surface area contributed by atoms with E-state index in [1.807, 2.05) is 13.0 Å². The molecule has 0 bridgehead atoms. The van der Waals surface area contributed by atoms with E-state index < -0.39 is 0 Å². The molecule has 25 heavy (non-hydrogen) atoms. The number of esters is 1. The summed E-state index contributed by atoms with van der Waals surface area (Å²) in [6, 6.07) is 8.28. The zero-order valence-corrected chi connectivity index (χ0v) is 15.4. The van der Waals surface area contributed by atoms with Gasteiger partial charge in [-0.3, -0.25) is 0 Å². The Bertz CT molecular complexity index is 785. The maximum absolute atomic E-state index is 12.4. The molecule has 2 unspecified atom stereocenters. The topological polar surface area (TPSA) is 51.2 Å². The lowest BCUT2D eigenvalue weighted by atomic mass is 9.77. The Morgan fingerprint density at radius 3 is 2.64 bits per heavy atom. The Kier molecular flexibility index (Phi) is 5.07. The van der Waals surface area contributed by atoms with Crippen LogP contribution in [-0.4, -0.2) is 17.6 Å². The van der Waals surface area contributed by atoms with Crippen molar-refractivity contribution in [3.63, 3.8) is 0 Å². The molecule has 4 nitrogen and oxygen atoms in total. The van der Waals surface area contributed by atoms with Gasteiger partial charge in [-0.1, -0.05) is 26.0 Å². The van der Waals surface area contributed by atoms with E-state index in [9.17, 15) is 4.79 Å². The molecule has 0 saturated carbocycles. The fraction of sp³-hybridized carbons (Fsp3) is 0.429. The molecule has 2 atom stereocenters. The number of carbonyl (C=O) groups is 1. The van der Waals surface area contributed by atoms with E-state index in [0.717, 1.165) is 29.8 Å². The summed E-state index contributed by atoms with van der Waals surface area (Å²) in [5.74, 6) is 0.369. The second-order valence-corrected chi connectivity index (χ2v) is 6.94. The number of aryl methyl sites for hydroxylation is 1. The van der Waals surface area contributed by atoms with Gasteiger partial charge in [0, 0.05) is 5.69 Å². The highest BCUT2D eigenvalue weighted by atomic mass is 16.5. The molecule has 0 saturated heterocycles. The summed E-state index contributed by atoms with van der Waals surface area (Å²) in [5, 5.41) is 3.51. The van der Waals surface area contributed by atoms with Gasteiger partial charge < -0.3 is 10.1 Å². The van der Waals surface area contributed by atoms with Crippen LogP contribution in [0, 0.1) is 6.92 Å². The van der Waals surface area contributed by atoms with Crippen molar-refractivity contribution in [2.24, 2.45) is 0 Å². The van der Waals surface area contributed by atoms with Gasteiger partial charge in [0.1, 0.15) is 0 Å². The van der Waals surface area contributed by atoms with Crippen molar-refractivity contribution in [3.05, 3.63) is 52.8 Å². The van der Waals surface area contributed by atoms with Gasteiger partial charge >= 0.3 is 5.97 Å². The number of carbonyl (C=O) groups excluding carboxylic acids is 1. The predicted molar refractivity (Wildman–Crippen MR) is 101 cm³/mol. The molecule has 1 aliphatic carbocycles. The number of rotatable bonds is 4. The third-order valence-corrected chi connectivity index (χ3v) is 4.94. The molecule has 0 radical (unpaired) electrons. The van der Waals surface area contributed by atoms with Gasteiger partial charge in [-0.05, 0) is 67.3 Å². The molecule has 0 spiro atoms. The van der Waals surface area contributed by atoms with Gasteiger partial charge in [0.15, 0.2) is 5.69 Å². The minimum Gasteiger partial charge on any atom is -0.461 e. The quantitative estimate of drug-likeness (QED) is 0.767. The van der Waals surface area contributed by atoms with Gasteiger partial charge in [-0.2, -0.15) is 0 Å². The van der Waals surface area contributed by atoms with Gasteiger partial charge in [-0.25, -0.2) is 9.78 Å². The number of anilines is 2. The third-order valence-electron chi connectivity index (χ3n) is 4.94. The SMILES string of the molecule is CCOC(=O)c1ncc(Nc2cccc(C)c2)c2c1C(C)CCC2C. The molecule has 2 aromatic rings. The lowest BCUT2D eigenvalue weighted by molar-refractivity contribution is 0.0517. The lowest BCUT2D eigenvalue weighted by Gasteiger charge is -2.31. The van der Waals surface area contributed by atoms with Crippen molar-refractivity contribution in [1.82, 2.24) is 4.98 Å². The van der Waals surface area contributed by atoms with Crippen molar-refractivity contribution in [2.45, 2.75) is 52.4 Å². The zero-order chi connectivity index (χ0) is 18.0. The van der Waals surface area contributed by atoms with E-state index in [1.165, 1.54) is 11.1 Å². The van der Waals surface area contributed by atoms with E-state index in [2.05, 4.69) is 49.3 Å². The van der Waals surface area contributed by atoms with E-state index in [-0.39, 0.29) is 5.97 Å². The molecule has 1 aliphatic rings. The molecule has 0 fully saturated rings. The number of hydrogen-bond acceptors (Lipinski definition) is 4. The van der Waals surface area contributed by atoms with Crippen LogP contribution >= 0.6 is 0 Å². The highest BCUT2D eigenvalue weighted by molar-refractivity contribution is 5.90. The summed E-state index contributed by atoms with van der Waals surface area (Å²) in [6.07, 6.45) is 3.96. The number of nitrogens with one attached hydrogen (secondary N) is 1. The number of nitrogens with zero attached hydrogens (tertiary/aromatic N) is 1. The summed E-state index contributed by atoms with van der Waals surface area (Å²) in [4.78, 5) is 16.9. The normalized spacial score (nSPS) is 19.2. The zero-order valence-electron chi connectivity index (χ0n) is 15.4. The van der Waals surface area contributed by atoms with Crippen LogP contribution < -0.4 is 5.32 Å². The van der Waals surface area contributed by atoms with E-state index in [1.54, 1.807) is 6.20 Å². The summed E-state index contributed by atoms with van der Waals surface area (Å²) < 4.78 is 5.23. The first-order chi connectivity index (χ1) is 12.0. The highest BCUT2D eigenvalue weighted by Gasteiger charge is 2.31. The number of hydrogen-bond donors (Lipinski definition) is 1. The summed E-state index contributed by atoms with van der Waals surface area (Å²) in [7, 11) is 0. The fourth-order valence-corrected chi connectivity index (χ4v) is 3.70. The third kappa shape index (κ3) is 3.53. The Balaban J connectivity index is 2.08. The van der Waals surface area contributed by atoms with Crippen molar-refractivity contribution in [2.75, 3.05) is 11.9 Å². The van der Waals surface area contributed by atoms with Gasteiger partial charge in [-0.15, -0.1) is 0 Å². The first-order valence-corrected chi connectivity index (χ1v) is 9.04. The molecule has 0 amide bonds. The van der Waals surface area contributed by atoms with E-state index in [0.29, 0.717) is 24.1 Å². The molecular weight excluding hydrogens is 312 g/mol. The monoisotopic (exact) mass is 338 g/mol. The molecular formula is C21H26N2O2. The standard InChI is InChI=1S/C21H26N2O2/c1-5-25-21(24)20-19-15(4)10-9-14(3)18(19)17(12-22-20)23-16-8-6-7-13(2)11-16/h6-8,11-12,14-15,23H,5,9-10H2,1-4H3. The van der Waals surface area contributed by atoms with Gasteiger partial charge in [0.2, 0.25) is 0 Å². The molecule has 1 heterocycles. The molecule has 1 aromatic carbocycles. The molecule has 132 valence electrons. The molecule has 3 rings (SSSR count). The number of fused-ring (bicyclic) bond motifs is 1. The first-order valence-electron chi connectivity index (χ1n) is 9.04. The summed E-state index contributed by atoms with van der Waals surface area (Å²) in [6.45, 7) is 8.66. The molecule has 1 aromatic heterocycles. The average molecular weight is 338 g/mol. The molecule has 0 aliphatic heterocycles. The van der Waals surface area contributed by atoms with Crippen LogP contribution in [0.25, 0.3) is 0 Å². The van der Waals surface area contributed by atoms with Crippen molar-refractivity contribution in [1.29, 1.82) is 0 Å². The second kappa shape index (κ2) is 7.26. The van der Waals surface area contributed by atoms with Crippen molar-refractivity contribution < 1.29 is 9.53 Å². The summed E-state index contributed by atoms with van der Waals surface area (Å²) >= 11 is 0. The molecule has 1 N–H and O–H groups in total. The minimum absolute atomic E-state index is 0.303. The van der Waals surface area contributed by atoms with Crippen LogP contribution in [0.3, 0.4) is 0 Å². The maximum Gasteiger partial charge on any atom is 0.357 e. The van der Waals surface area contributed by atoms with Crippen LogP contribution in [0.1, 0.15) is 72.6 Å². The number of pyridine rings is 1.